The zero-order chi connectivity index (χ0) is 9.07. The second-order valence-corrected chi connectivity index (χ2v) is 7.32. The van der Waals surface area contributed by atoms with E-state index >= 15 is 0 Å². The highest BCUT2D eigenvalue weighted by Gasteiger charge is 2.27. The Hall–Kier alpha value is 0.137. The summed E-state index contributed by atoms with van der Waals surface area (Å²) in [5, 5.41) is 0. The third-order valence-corrected chi connectivity index (χ3v) is 5.73. The van der Waals surface area contributed by atoms with Crippen LogP contribution in [-0.2, 0) is 0 Å². The number of nitrogens with one attached hydrogen (secondary N) is 2. The summed E-state index contributed by atoms with van der Waals surface area (Å²) in [6.45, 7) is 9.22. The molecule has 0 amide bonds. The maximum absolute atomic E-state index is 3.39. The lowest BCUT2D eigenvalue weighted by molar-refractivity contribution is 0.386. The summed E-state index contributed by atoms with van der Waals surface area (Å²) in [5.74, 6) is 0. The molecule has 0 aliphatic heterocycles. The third kappa shape index (κ3) is 3.36. The van der Waals surface area contributed by atoms with Gasteiger partial charge in [0, 0.05) is 0 Å². The van der Waals surface area contributed by atoms with Crippen LogP contribution in [0.4, 0.5) is 0 Å². The molecule has 2 nitrogen and oxygen atoms in total. The standard InChI is InChI=1S/C8H22N2Si/c1-7(8(2,3)4)11(9-5)10-6/h7,9-11H,1-6H3. The van der Waals surface area contributed by atoms with Gasteiger partial charge in [-0.25, -0.2) is 0 Å². The van der Waals surface area contributed by atoms with Crippen LogP contribution in [0.2, 0.25) is 5.54 Å². The molecular formula is C8H22N2Si. The first-order valence-electron chi connectivity index (χ1n) is 4.28. The minimum Gasteiger partial charge on any atom is -0.330 e. The molecular weight excluding hydrogens is 152 g/mol. The van der Waals surface area contributed by atoms with Gasteiger partial charge in [0.05, 0.1) is 0 Å². The summed E-state index contributed by atoms with van der Waals surface area (Å²) in [5.41, 5.74) is 1.18. The van der Waals surface area contributed by atoms with Gasteiger partial charge in [0.1, 0.15) is 0 Å². The second-order valence-electron chi connectivity index (χ2n) is 4.21. The van der Waals surface area contributed by atoms with Gasteiger partial charge in [0.2, 0.25) is 0 Å². The molecule has 0 aliphatic rings. The lowest BCUT2D eigenvalue weighted by Gasteiger charge is -2.32. The second kappa shape index (κ2) is 4.23. The molecule has 1 unspecified atom stereocenters. The van der Waals surface area contributed by atoms with Gasteiger partial charge < -0.3 is 9.96 Å². The van der Waals surface area contributed by atoms with Gasteiger partial charge in [0.25, 0.3) is 0 Å². The van der Waals surface area contributed by atoms with Crippen molar-refractivity contribution in [2.45, 2.75) is 33.2 Å². The summed E-state index contributed by atoms with van der Waals surface area (Å²) in [6.07, 6.45) is 0. The van der Waals surface area contributed by atoms with Gasteiger partial charge in [-0.2, -0.15) is 0 Å². The molecule has 0 aliphatic carbocycles. The van der Waals surface area contributed by atoms with Crippen LogP contribution in [0.3, 0.4) is 0 Å². The first-order chi connectivity index (χ1) is 4.93. The van der Waals surface area contributed by atoms with Crippen molar-refractivity contribution in [3.05, 3.63) is 0 Å². The van der Waals surface area contributed by atoms with Crippen LogP contribution >= 0.6 is 0 Å². The molecule has 0 fully saturated rings. The van der Waals surface area contributed by atoms with Gasteiger partial charge in [-0.1, -0.05) is 27.7 Å². The topological polar surface area (TPSA) is 24.1 Å². The van der Waals surface area contributed by atoms with E-state index in [0.717, 1.165) is 5.54 Å². The predicted octanol–water partition coefficient (Wildman–Crippen LogP) is 1.08. The molecule has 3 heteroatoms. The van der Waals surface area contributed by atoms with Crippen molar-refractivity contribution >= 4 is 9.12 Å². The number of rotatable bonds is 3. The Bertz CT molecular complexity index is 105. The fourth-order valence-electron chi connectivity index (χ4n) is 1.14. The van der Waals surface area contributed by atoms with Gasteiger partial charge in [0.15, 0.2) is 9.12 Å². The summed E-state index contributed by atoms with van der Waals surface area (Å²) in [6, 6.07) is 0. The van der Waals surface area contributed by atoms with Gasteiger partial charge in [-0.3, -0.25) is 0 Å². The molecule has 0 rings (SSSR count). The van der Waals surface area contributed by atoms with Crippen LogP contribution < -0.4 is 9.96 Å². The molecule has 0 aromatic heterocycles. The first-order valence-corrected chi connectivity index (χ1v) is 6.10. The largest absolute Gasteiger partial charge is 0.330 e. The molecule has 0 radical (unpaired) electrons. The Labute approximate surface area is 72.5 Å². The Morgan fingerprint density at radius 2 is 1.45 bits per heavy atom. The SMILES string of the molecule is CN[SiH](NC)C(C)C(C)(C)C. The van der Waals surface area contributed by atoms with Crippen LogP contribution in [0.1, 0.15) is 27.7 Å². The molecule has 0 heterocycles. The molecule has 1 atom stereocenters. The van der Waals surface area contributed by atoms with Crippen LogP contribution in [0.15, 0.2) is 0 Å². The molecule has 2 N–H and O–H groups in total. The van der Waals surface area contributed by atoms with E-state index in [1.54, 1.807) is 0 Å². The highest BCUT2D eigenvalue weighted by atomic mass is 28.3. The normalized spacial score (nSPS) is 15.5. The molecule has 0 saturated carbocycles. The van der Waals surface area contributed by atoms with E-state index in [2.05, 4.69) is 51.8 Å². The van der Waals surface area contributed by atoms with Crippen LogP contribution in [0, 0.1) is 5.41 Å². The highest BCUT2D eigenvalue weighted by molar-refractivity contribution is 6.54. The maximum Gasteiger partial charge on any atom is 0.187 e. The zero-order valence-electron chi connectivity index (χ0n) is 8.65. The lowest BCUT2D eigenvalue weighted by atomic mass is 9.93. The van der Waals surface area contributed by atoms with Crippen molar-refractivity contribution in [1.82, 2.24) is 9.96 Å². The van der Waals surface area contributed by atoms with E-state index in [0.29, 0.717) is 5.41 Å². The molecule has 0 saturated heterocycles. The monoisotopic (exact) mass is 174 g/mol. The van der Waals surface area contributed by atoms with Gasteiger partial charge in [-0.05, 0) is 25.1 Å². The third-order valence-electron chi connectivity index (χ3n) is 2.49. The van der Waals surface area contributed by atoms with Gasteiger partial charge in [-0.15, -0.1) is 0 Å². The van der Waals surface area contributed by atoms with Crippen molar-refractivity contribution < 1.29 is 0 Å². The van der Waals surface area contributed by atoms with E-state index in [1.807, 2.05) is 0 Å². The molecule has 0 spiro atoms. The quantitative estimate of drug-likeness (QED) is 0.626. The molecule has 0 bridgehead atoms. The fourth-order valence-corrected chi connectivity index (χ4v) is 3.43. The first kappa shape index (κ1) is 11.1. The summed E-state index contributed by atoms with van der Waals surface area (Å²) in [7, 11) is 3.19. The Morgan fingerprint density at radius 1 is 1.09 bits per heavy atom. The number of hydrogen-bond donors (Lipinski definition) is 2. The Kier molecular flexibility index (Phi) is 4.29. The summed E-state index contributed by atoms with van der Waals surface area (Å²) in [4.78, 5) is 6.77. The lowest BCUT2D eigenvalue weighted by Crippen LogP contribution is -2.49. The van der Waals surface area contributed by atoms with Crippen molar-refractivity contribution in [2.24, 2.45) is 5.41 Å². The molecule has 0 aromatic carbocycles. The van der Waals surface area contributed by atoms with Crippen LogP contribution in [-0.4, -0.2) is 23.2 Å². The minimum absolute atomic E-state index is 0.420. The average Bonchev–Trinajstić information content (AvgIpc) is 1.88. The van der Waals surface area contributed by atoms with Crippen LogP contribution in [0.25, 0.3) is 0 Å². The predicted molar refractivity (Wildman–Crippen MR) is 54.1 cm³/mol. The summed E-state index contributed by atoms with van der Waals surface area (Å²) >= 11 is 0. The Morgan fingerprint density at radius 3 is 1.55 bits per heavy atom. The molecule has 68 valence electrons. The van der Waals surface area contributed by atoms with E-state index < -0.39 is 9.12 Å². The van der Waals surface area contributed by atoms with Crippen molar-refractivity contribution in [3.8, 4) is 0 Å². The average molecular weight is 174 g/mol. The van der Waals surface area contributed by atoms with Crippen molar-refractivity contribution in [2.75, 3.05) is 14.1 Å². The maximum atomic E-state index is 3.39. The number of hydrogen-bond acceptors (Lipinski definition) is 2. The highest BCUT2D eigenvalue weighted by Crippen LogP contribution is 2.30. The Balaban J connectivity index is 4.09. The van der Waals surface area contributed by atoms with E-state index in [-0.39, 0.29) is 0 Å². The van der Waals surface area contributed by atoms with Crippen molar-refractivity contribution in [3.63, 3.8) is 0 Å². The van der Waals surface area contributed by atoms with Crippen molar-refractivity contribution in [1.29, 1.82) is 0 Å². The van der Waals surface area contributed by atoms with Gasteiger partial charge >= 0.3 is 0 Å². The minimum atomic E-state index is -0.911. The van der Waals surface area contributed by atoms with Crippen LogP contribution in [0.5, 0.6) is 0 Å². The van der Waals surface area contributed by atoms with E-state index in [9.17, 15) is 0 Å². The fraction of sp³-hybridized carbons (Fsp3) is 1.00. The van der Waals surface area contributed by atoms with E-state index in [1.165, 1.54) is 0 Å². The molecule has 11 heavy (non-hydrogen) atoms. The smallest absolute Gasteiger partial charge is 0.187 e. The van der Waals surface area contributed by atoms with E-state index in [4.69, 9.17) is 0 Å². The zero-order valence-corrected chi connectivity index (χ0v) is 9.81. The molecule has 0 aromatic rings. The summed E-state index contributed by atoms with van der Waals surface area (Å²) < 4.78 is 0.